The molecule has 5 nitrogen and oxygen atoms in total. The van der Waals surface area contributed by atoms with Crippen molar-refractivity contribution < 1.29 is 0 Å². The number of allylic oxidation sites excluding steroid dienone is 1. The van der Waals surface area contributed by atoms with Crippen LogP contribution in [0.25, 0.3) is 6.08 Å². The standard InChI is InChI=1S/C11H13N5/c1-7(2)11-15-9(10(14)16(11)3)4-8(5-12)6-13/h4,7H,14H2,1-3H3. The van der Waals surface area contributed by atoms with Crippen LogP contribution < -0.4 is 5.73 Å². The van der Waals surface area contributed by atoms with Crippen LogP contribution in [0.1, 0.15) is 31.3 Å². The maximum Gasteiger partial charge on any atom is 0.131 e. The summed E-state index contributed by atoms with van der Waals surface area (Å²) in [5.41, 5.74) is 6.31. The average Bonchev–Trinajstić information content (AvgIpc) is 2.53. The Morgan fingerprint density at radius 1 is 1.44 bits per heavy atom. The van der Waals surface area contributed by atoms with E-state index in [0.717, 1.165) is 5.82 Å². The molecule has 5 heteroatoms. The molecule has 0 spiro atoms. The number of hydrogen-bond acceptors (Lipinski definition) is 4. The van der Waals surface area contributed by atoms with E-state index in [1.807, 2.05) is 20.9 Å². The van der Waals surface area contributed by atoms with Crippen molar-refractivity contribution in [3.8, 4) is 12.1 Å². The number of nitrogens with zero attached hydrogens (tertiary/aromatic N) is 4. The van der Waals surface area contributed by atoms with Gasteiger partial charge in [0.05, 0.1) is 0 Å². The molecule has 0 aromatic carbocycles. The van der Waals surface area contributed by atoms with E-state index in [-0.39, 0.29) is 11.5 Å². The van der Waals surface area contributed by atoms with E-state index in [1.165, 1.54) is 6.08 Å². The number of nitrogens with two attached hydrogens (primary N) is 1. The second-order valence-electron chi connectivity index (χ2n) is 3.74. The van der Waals surface area contributed by atoms with Gasteiger partial charge in [-0.2, -0.15) is 10.5 Å². The van der Waals surface area contributed by atoms with Crippen molar-refractivity contribution in [2.75, 3.05) is 5.73 Å². The van der Waals surface area contributed by atoms with Crippen LogP contribution in [0.15, 0.2) is 5.57 Å². The van der Waals surface area contributed by atoms with Crippen LogP contribution in [0.5, 0.6) is 0 Å². The van der Waals surface area contributed by atoms with Gasteiger partial charge in [-0.3, -0.25) is 0 Å². The third kappa shape index (κ3) is 2.04. The second-order valence-corrected chi connectivity index (χ2v) is 3.74. The van der Waals surface area contributed by atoms with Gasteiger partial charge in [-0.15, -0.1) is 0 Å². The summed E-state index contributed by atoms with van der Waals surface area (Å²) in [4.78, 5) is 4.30. The largest absolute Gasteiger partial charge is 0.383 e. The van der Waals surface area contributed by atoms with Gasteiger partial charge >= 0.3 is 0 Å². The Hall–Kier alpha value is -2.27. The van der Waals surface area contributed by atoms with Crippen molar-refractivity contribution in [2.45, 2.75) is 19.8 Å². The molecule has 0 saturated carbocycles. The fraction of sp³-hybridized carbons (Fsp3) is 0.364. The number of rotatable bonds is 2. The molecule has 0 aliphatic carbocycles. The first-order valence-electron chi connectivity index (χ1n) is 4.85. The first-order chi connectivity index (χ1) is 7.51. The van der Waals surface area contributed by atoms with Gasteiger partial charge in [-0.25, -0.2) is 4.98 Å². The van der Waals surface area contributed by atoms with Gasteiger partial charge in [0.1, 0.15) is 35.0 Å². The Balaban J connectivity index is 3.29. The molecule has 0 bridgehead atoms. The third-order valence-corrected chi connectivity index (χ3v) is 2.24. The minimum atomic E-state index is 0.0000983. The van der Waals surface area contributed by atoms with Crippen LogP contribution in [0.4, 0.5) is 5.82 Å². The molecule has 1 rings (SSSR count). The molecule has 0 aliphatic rings. The normalized spacial score (nSPS) is 9.62. The van der Waals surface area contributed by atoms with Crippen molar-refractivity contribution in [1.29, 1.82) is 10.5 Å². The van der Waals surface area contributed by atoms with Crippen LogP contribution >= 0.6 is 0 Å². The molecular weight excluding hydrogens is 202 g/mol. The molecule has 0 radical (unpaired) electrons. The zero-order valence-corrected chi connectivity index (χ0v) is 9.52. The Kier molecular flexibility index (Phi) is 3.32. The monoisotopic (exact) mass is 215 g/mol. The summed E-state index contributed by atoms with van der Waals surface area (Å²) in [5, 5.41) is 17.3. The molecule has 1 aromatic rings. The van der Waals surface area contributed by atoms with Gasteiger partial charge in [0, 0.05) is 13.0 Å². The molecule has 16 heavy (non-hydrogen) atoms. The molecular formula is C11H13N5. The van der Waals surface area contributed by atoms with Gasteiger partial charge in [0.2, 0.25) is 0 Å². The first kappa shape index (κ1) is 11.8. The summed E-state index contributed by atoms with van der Waals surface area (Å²) in [5.74, 6) is 1.53. The lowest BCUT2D eigenvalue weighted by molar-refractivity contribution is 0.715. The van der Waals surface area contributed by atoms with Crippen molar-refractivity contribution in [3.63, 3.8) is 0 Å². The summed E-state index contributed by atoms with van der Waals surface area (Å²) in [6, 6.07) is 3.56. The molecule has 0 unspecified atom stereocenters. The molecule has 1 aromatic heterocycles. The minimum Gasteiger partial charge on any atom is -0.383 e. The van der Waals surface area contributed by atoms with E-state index in [2.05, 4.69) is 4.98 Å². The number of nitrogen functional groups attached to an aromatic ring is 1. The SMILES string of the molecule is CC(C)c1nc(C=C(C#N)C#N)c(N)n1C. The lowest BCUT2D eigenvalue weighted by Gasteiger charge is -2.04. The number of nitriles is 2. The van der Waals surface area contributed by atoms with Crippen LogP contribution in [0, 0.1) is 22.7 Å². The van der Waals surface area contributed by atoms with E-state index in [9.17, 15) is 0 Å². The Labute approximate surface area is 94.4 Å². The number of imidazole rings is 1. The maximum atomic E-state index is 8.65. The lowest BCUT2D eigenvalue weighted by Crippen LogP contribution is -2.02. The van der Waals surface area contributed by atoms with Crippen molar-refractivity contribution in [2.24, 2.45) is 7.05 Å². The smallest absolute Gasteiger partial charge is 0.131 e. The van der Waals surface area contributed by atoms with Gasteiger partial charge < -0.3 is 10.3 Å². The van der Waals surface area contributed by atoms with Crippen LogP contribution in [0.2, 0.25) is 0 Å². The molecule has 0 aliphatic heterocycles. The predicted molar refractivity (Wildman–Crippen MR) is 60.9 cm³/mol. The van der Waals surface area contributed by atoms with E-state index >= 15 is 0 Å². The summed E-state index contributed by atoms with van der Waals surface area (Å²) in [6.07, 6.45) is 1.40. The number of anilines is 1. The predicted octanol–water partition coefficient (Wildman–Crippen LogP) is 1.56. The van der Waals surface area contributed by atoms with E-state index < -0.39 is 0 Å². The van der Waals surface area contributed by atoms with Crippen LogP contribution in [-0.4, -0.2) is 9.55 Å². The highest BCUT2D eigenvalue weighted by atomic mass is 15.1. The molecule has 0 fully saturated rings. The summed E-state index contributed by atoms with van der Waals surface area (Å²) in [6.45, 7) is 4.01. The summed E-state index contributed by atoms with van der Waals surface area (Å²) < 4.78 is 1.77. The topological polar surface area (TPSA) is 91.4 Å². The highest BCUT2D eigenvalue weighted by Crippen LogP contribution is 2.21. The molecule has 82 valence electrons. The van der Waals surface area contributed by atoms with Gasteiger partial charge in [0.25, 0.3) is 0 Å². The number of hydrogen-bond donors (Lipinski definition) is 1. The molecule has 1 heterocycles. The van der Waals surface area contributed by atoms with E-state index in [0.29, 0.717) is 11.5 Å². The zero-order chi connectivity index (χ0) is 12.3. The molecule has 0 saturated heterocycles. The highest BCUT2D eigenvalue weighted by Gasteiger charge is 2.13. The van der Waals surface area contributed by atoms with Crippen LogP contribution in [-0.2, 0) is 7.05 Å². The molecule has 0 amide bonds. The minimum absolute atomic E-state index is 0.0000983. The number of aromatic nitrogens is 2. The van der Waals surface area contributed by atoms with E-state index in [4.69, 9.17) is 16.3 Å². The zero-order valence-electron chi connectivity index (χ0n) is 9.52. The van der Waals surface area contributed by atoms with Crippen LogP contribution in [0.3, 0.4) is 0 Å². The second kappa shape index (κ2) is 4.50. The van der Waals surface area contributed by atoms with Crippen molar-refractivity contribution >= 4 is 11.9 Å². The summed E-state index contributed by atoms with van der Waals surface area (Å²) >= 11 is 0. The van der Waals surface area contributed by atoms with E-state index in [1.54, 1.807) is 16.7 Å². The first-order valence-corrected chi connectivity index (χ1v) is 4.85. The lowest BCUT2D eigenvalue weighted by atomic mass is 10.2. The Bertz CT molecular complexity index is 492. The Morgan fingerprint density at radius 3 is 2.38 bits per heavy atom. The van der Waals surface area contributed by atoms with Crippen molar-refractivity contribution in [3.05, 3.63) is 17.1 Å². The maximum absolute atomic E-state index is 8.65. The highest BCUT2D eigenvalue weighted by molar-refractivity contribution is 5.66. The molecule has 0 atom stereocenters. The Morgan fingerprint density at radius 2 is 2.00 bits per heavy atom. The average molecular weight is 215 g/mol. The fourth-order valence-corrected chi connectivity index (χ4v) is 1.40. The van der Waals surface area contributed by atoms with Crippen molar-refractivity contribution in [1.82, 2.24) is 9.55 Å². The quantitative estimate of drug-likeness (QED) is 0.757. The van der Waals surface area contributed by atoms with Gasteiger partial charge in [-0.05, 0) is 6.08 Å². The third-order valence-electron chi connectivity index (χ3n) is 2.24. The fourth-order valence-electron chi connectivity index (χ4n) is 1.40. The van der Waals surface area contributed by atoms with Gasteiger partial charge in [0.15, 0.2) is 0 Å². The molecule has 2 N–H and O–H groups in total. The van der Waals surface area contributed by atoms with Gasteiger partial charge in [-0.1, -0.05) is 13.8 Å². The summed E-state index contributed by atoms with van der Waals surface area (Å²) in [7, 11) is 1.81.